The highest BCUT2D eigenvalue weighted by Crippen LogP contribution is 2.21. The summed E-state index contributed by atoms with van der Waals surface area (Å²) in [5, 5.41) is 16.8. The second kappa shape index (κ2) is 14.3. The molecular formula is C31H44N4O5. The van der Waals surface area contributed by atoms with Gasteiger partial charge in [0.2, 0.25) is 0 Å². The number of benzene rings is 2. The lowest BCUT2D eigenvalue weighted by Crippen LogP contribution is -2.54. The summed E-state index contributed by atoms with van der Waals surface area (Å²) in [6.45, 7) is 6.64. The fourth-order valence-corrected chi connectivity index (χ4v) is 6.14. The number of ether oxygens (including phenoxy) is 3. The molecule has 40 heavy (non-hydrogen) atoms. The fraction of sp³-hybridized carbons (Fsp3) is 0.581. The zero-order valence-corrected chi connectivity index (χ0v) is 23.5. The minimum atomic E-state index is -0.736. The highest BCUT2D eigenvalue weighted by Gasteiger charge is 2.38. The molecule has 0 aromatic heterocycles. The molecule has 1 unspecified atom stereocenters. The third-order valence-corrected chi connectivity index (χ3v) is 8.37. The van der Waals surface area contributed by atoms with Gasteiger partial charge in [-0.2, -0.15) is 0 Å². The number of hydrogen-bond acceptors (Lipinski definition) is 8. The first-order valence-electron chi connectivity index (χ1n) is 14.7. The smallest absolute Gasteiger partial charge is 0.407 e. The van der Waals surface area contributed by atoms with E-state index in [-0.39, 0.29) is 6.04 Å². The zero-order valence-electron chi connectivity index (χ0n) is 23.5. The lowest BCUT2D eigenvalue weighted by Gasteiger charge is -2.42. The Morgan fingerprint density at radius 1 is 1.12 bits per heavy atom. The van der Waals surface area contributed by atoms with E-state index < -0.39 is 18.3 Å². The van der Waals surface area contributed by atoms with Gasteiger partial charge in [-0.3, -0.25) is 9.80 Å². The molecule has 0 radical (unpaired) electrons. The predicted molar refractivity (Wildman–Crippen MR) is 153 cm³/mol. The Balaban J connectivity index is 1.12. The van der Waals surface area contributed by atoms with Gasteiger partial charge in [0.05, 0.1) is 19.3 Å². The van der Waals surface area contributed by atoms with Gasteiger partial charge in [-0.1, -0.05) is 42.5 Å². The first-order valence-corrected chi connectivity index (χ1v) is 14.7. The molecule has 0 spiro atoms. The molecule has 3 N–H and O–H groups in total. The summed E-state index contributed by atoms with van der Waals surface area (Å²) in [6.07, 6.45) is 2.29. The van der Waals surface area contributed by atoms with Crippen molar-refractivity contribution in [1.29, 1.82) is 0 Å². The number of amides is 1. The number of carbonyl (C=O) groups excluding carboxylic acids is 1. The first-order chi connectivity index (χ1) is 19.6. The van der Waals surface area contributed by atoms with Crippen LogP contribution in [0, 0.1) is 0 Å². The Hall–Kier alpha value is -2.69. The van der Waals surface area contributed by atoms with Crippen LogP contribution in [0.4, 0.5) is 4.79 Å². The van der Waals surface area contributed by atoms with Gasteiger partial charge in [0, 0.05) is 58.5 Å². The van der Waals surface area contributed by atoms with Crippen molar-refractivity contribution in [3.05, 3.63) is 65.7 Å². The van der Waals surface area contributed by atoms with Crippen LogP contribution >= 0.6 is 0 Å². The van der Waals surface area contributed by atoms with Crippen LogP contribution in [0.15, 0.2) is 54.6 Å². The van der Waals surface area contributed by atoms with E-state index >= 15 is 0 Å². The van der Waals surface area contributed by atoms with Crippen molar-refractivity contribution < 1.29 is 24.1 Å². The number of aliphatic hydroxyl groups is 1. The van der Waals surface area contributed by atoms with Crippen molar-refractivity contribution in [1.82, 2.24) is 20.4 Å². The Bertz CT molecular complexity index is 1050. The molecule has 0 bridgehead atoms. The summed E-state index contributed by atoms with van der Waals surface area (Å²) in [5.74, 6) is 0.797. The van der Waals surface area contributed by atoms with Crippen molar-refractivity contribution >= 4 is 6.09 Å². The van der Waals surface area contributed by atoms with Gasteiger partial charge in [-0.25, -0.2) is 4.79 Å². The number of rotatable bonds is 11. The van der Waals surface area contributed by atoms with Crippen LogP contribution < -0.4 is 15.4 Å². The lowest BCUT2D eigenvalue weighted by atomic mass is 10.0. The number of β-amino-alcohol motifs (C(OH)–C–C–N with tert-alkyl or cyclic N) is 1. The van der Waals surface area contributed by atoms with Crippen LogP contribution in [-0.2, 0) is 22.4 Å². The van der Waals surface area contributed by atoms with Crippen LogP contribution in [0.3, 0.4) is 0 Å². The van der Waals surface area contributed by atoms with Gasteiger partial charge in [-0.15, -0.1) is 0 Å². The largest absolute Gasteiger partial charge is 0.497 e. The maximum absolute atomic E-state index is 12.8. The molecule has 3 saturated heterocycles. The van der Waals surface area contributed by atoms with Gasteiger partial charge in [0.25, 0.3) is 0 Å². The normalized spacial score (nSPS) is 27.5. The van der Waals surface area contributed by atoms with Gasteiger partial charge in [-0.05, 0) is 48.9 Å². The van der Waals surface area contributed by atoms with E-state index in [1.54, 1.807) is 7.11 Å². The topological polar surface area (TPSA) is 95.5 Å². The van der Waals surface area contributed by atoms with Gasteiger partial charge in [0.1, 0.15) is 18.0 Å². The number of carbonyl (C=O) groups is 1. The van der Waals surface area contributed by atoms with Crippen LogP contribution in [0.2, 0.25) is 0 Å². The maximum Gasteiger partial charge on any atom is 0.407 e. The van der Waals surface area contributed by atoms with E-state index in [0.717, 1.165) is 69.9 Å². The summed E-state index contributed by atoms with van der Waals surface area (Å²) < 4.78 is 16.9. The number of nitrogens with zero attached hydrogens (tertiary/aromatic N) is 2. The number of methoxy groups -OCH3 is 1. The van der Waals surface area contributed by atoms with E-state index in [1.807, 2.05) is 24.3 Å². The fourth-order valence-electron chi connectivity index (χ4n) is 6.14. The minimum absolute atomic E-state index is 0.153. The summed E-state index contributed by atoms with van der Waals surface area (Å²) in [7, 11) is 1.64. The molecule has 5 atom stereocenters. The summed E-state index contributed by atoms with van der Waals surface area (Å²) in [6, 6.07) is 18.6. The quantitative estimate of drug-likeness (QED) is 0.391. The molecule has 0 saturated carbocycles. The molecule has 2 aromatic carbocycles. The van der Waals surface area contributed by atoms with Gasteiger partial charge >= 0.3 is 6.09 Å². The zero-order chi connectivity index (χ0) is 27.7. The molecule has 0 aliphatic carbocycles. The Kier molecular flexibility index (Phi) is 10.3. The van der Waals surface area contributed by atoms with E-state index in [4.69, 9.17) is 14.2 Å². The number of nitrogens with one attached hydrogen (secondary N) is 2. The van der Waals surface area contributed by atoms with E-state index in [0.29, 0.717) is 31.7 Å². The molecule has 5 rings (SSSR count). The SMILES string of the molecule is COc1ccc(C[C@H]2NC[C@H](O)[C@H]2OC(=O)NCC[C@H]2CN(CC3CCCO3)CCN2Cc2ccccc2)cc1. The highest BCUT2D eigenvalue weighted by atomic mass is 16.6. The monoisotopic (exact) mass is 552 g/mol. The highest BCUT2D eigenvalue weighted by molar-refractivity contribution is 5.67. The molecule has 3 aliphatic heterocycles. The molecule has 218 valence electrons. The molecule has 1 amide bonds. The average molecular weight is 553 g/mol. The number of alkyl carbamates (subject to hydrolysis) is 1. The van der Waals surface area contributed by atoms with Crippen molar-refractivity contribution in [3.63, 3.8) is 0 Å². The Morgan fingerprint density at radius 3 is 2.70 bits per heavy atom. The standard InChI is InChI=1S/C31H44N4O5/c1-38-26-11-9-23(10-12-26)18-28-30(29(36)19-33-28)40-31(37)32-14-13-25-21-34(22-27-8-5-17-39-27)15-16-35(25)20-24-6-3-2-4-7-24/h2-4,6-7,9-12,25,27-30,33,36H,5,8,13-22H2,1H3,(H,32,37)/t25-,27?,28+,29-,30-/m0/s1. The minimum Gasteiger partial charge on any atom is -0.497 e. The van der Waals surface area contributed by atoms with Crippen molar-refractivity contribution in [3.8, 4) is 5.75 Å². The number of piperazine rings is 1. The molecule has 3 aliphatic rings. The van der Waals surface area contributed by atoms with Crippen LogP contribution in [0.25, 0.3) is 0 Å². The third kappa shape index (κ3) is 7.95. The lowest BCUT2D eigenvalue weighted by molar-refractivity contribution is 0.0155. The summed E-state index contributed by atoms with van der Waals surface area (Å²) in [5.41, 5.74) is 2.39. The van der Waals surface area contributed by atoms with E-state index in [2.05, 4.69) is 50.8 Å². The first kappa shape index (κ1) is 28.8. The van der Waals surface area contributed by atoms with Crippen LogP contribution in [0.5, 0.6) is 5.75 Å². The summed E-state index contributed by atoms with van der Waals surface area (Å²) >= 11 is 0. The molecule has 9 heteroatoms. The van der Waals surface area contributed by atoms with Crippen molar-refractivity contribution in [2.24, 2.45) is 0 Å². The molecule has 3 heterocycles. The van der Waals surface area contributed by atoms with Crippen LogP contribution in [-0.4, -0.2) is 104 Å². The summed E-state index contributed by atoms with van der Waals surface area (Å²) in [4.78, 5) is 17.9. The molecular weight excluding hydrogens is 508 g/mol. The van der Waals surface area contributed by atoms with Gasteiger partial charge < -0.3 is 30.0 Å². The second-order valence-corrected chi connectivity index (χ2v) is 11.2. The van der Waals surface area contributed by atoms with Gasteiger partial charge in [0.15, 0.2) is 0 Å². The second-order valence-electron chi connectivity index (χ2n) is 11.2. The maximum atomic E-state index is 12.8. The van der Waals surface area contributed by atoms with Crippen molar-refractivity contribution in [2.45, 2.75) is 62.6 Å². The Morgan fingerprint density at radius 2 is 1.95 bits per heavy atom. The Labute approximate surface area is 237 Å². The van der Waals surface area contributed by atoms with Crippen molar-refractivity contribution in [2.75, 3.05) is 53.0 Å². The molecule has 9 nitrogen and oxygen atoms in total. The molecule has 3 fully saturated rings. The molecule has 2 aromatic rings. The number of hydrogen-bond donors (Lipinski definition) is 3. The number of aliphatic hydroxyl groups excluding tert-OH is 1. The van der Waals surface area contributed by atoms with E-state index in [9.17, 15) is 9.90 Å². The average Bonchev–Trinajstić information content (AvgIpc) is 3.61. The predicted octanol–water partition coefficient (Wildman–Crippen LogP) is 2.42. The van der Waals surface area contributed by atoms with E-state index in [1.165, 1.54) is 5.56 Å². The third-order valence-electron chi connectivity index (χ3n) is 8.37. The van der Waals surface area contributed by atoms with Crippen LogP contribution in [0.1, 0.15) is 30.4 Å².